The van der Waals surface area contributed by atoms with Crippen molar-refractivity contribution in [3.63, 3.8) is 0 Å². The van der Waals surface area contributed by atoms with Crippen LogP contribution in [0.3, 0.4) is 0 Å². The minimum atomic E-state index is -3.73. The largest absolute Gasteiger partial charge is 0.312 e. The van der Waals surface area contributed by atoms with Crippen LogP contribution in [0.5, 0.6) is 0 Å². The molecule has 0 bridgehead atoms. The van der Waals surface area contributed by atoms with Gasteiger partial charge in [0.1, 0.15) is 0 Å². The molecule has 0 aromatic heterocycles. The molecule has 1 N–H and O–H groups in total. The number of carbonyl (C=O) groups excluding carboxylic acids is 1. The van der Waals surface area contributed by atoms with Crippen LogP contribution in [0.25, 0.3) is 0 Å². The van der Waals surface area contributed by atoms with Crippen molar-refractivity contribution < 1.29 is 13.2 Å². The van der Waals surface area contributed by atoms with E-state index >= 15 is 0 Å². The summed E-state index contributed by atoms with van der Waals surface area (Å²) in [5, 5.41) is 0.474. The number of carbonyl (C=O) groups is 1. The van der Waals surface area contributed by atoms with Crippen LogP contribution in [-0.2, 0) is 27.7 Å². The van der Waals surface area contributed by atoms with Gasteiger partial charge in [-0.3, -0.25) is 9.52 Å². The van der Waals surface area contributed by atoms with Gasteiger partial charge in [0.2, 0.25) is 5.91 Å². The maximum absolute atomic E-state index is 12.9. The summed E-state index contributed by atoms with van der Waals surface area (Å²) in [5.41, 5.74) is 4.03. The Balaban J connectivity index is 1.75. The lowest BCUT2D eigenvalue weighted by Crippen LogP contribution is -2.33. The number of hydrogen-bond donors (Lipinski definition) is 1. The summed E-state index contributed by atoms with van der Waals surface area (Å²) in [5.74, 6) is 0.120. The maximum atomic E-state index is 12.9. The van der Waals surface area contributed by atoms with Crippen LogP contribution in [-0.4, -0.2) is 20.9 Å². The highest BCUT2D eigenvalue weighted by atomic mass is 35.5. The maximum Gasteiger partial charge on any atom is 0.261 e. The molecule has 2 aromatic carbocycles. The number of nitrogens with one attached hydrogen (secondary N) is 1. The molecular formula is C18H17ClN2O3S. The van der Waals surface area contributed by atoms with Gasteiger partial charge in [0.05, 0.1) is 16.3 Å². The monoisotopic (exact) mass is 376 g/mol. The molecule has 0 aliphatic carbocycles. The molecule has 0 fully saturated rings. The summed E-state index contributed by atoms with van der Waals surface area (Å²) in [6, 6.07) is 8.47. The molecule has 0 saturated carbocycles. The first kappa shape index (κ1) is 16.4. The quantitative estimate of drug-likeness (QED) is 0.893. The summed E-state index contributed by atoms with van der Waals surface area (Å²) < 4.78 is 28.4. The van der Waals surface area contributed by atoms with Gasteiger partial charge in [0.25, 0.3) is 10.0 Å². The summed E-state index contributed by atoms with van der Waals surface area (Å²) in [6.45, 7) is 2.45. The van der Waals surface area contributed by atoms with Crippen molar-refractivity contribution in [3.05, 3.63) is 52.0 Å². The highest BCUT2D eigenvalue weighted by Gasteiger charge is 2.33. The fourth-order valence-corrected chi connectivity index (χ4v) is 4.88. The van der Waals surface area contributed by atoms with E-state index in [0.29, 0.717) is 36.5 Å². The van der Waals surface area contributed by atoms with Gasteiger partial charge < -0.3 is 4.90 Å². The molecule has 0 spiro atoms. The summed E-state index contributed by atoms with van der Waals surface area (Å²) in [4.78, 5) is 14.0. The normalized spacial score (nSPS) is 16.1. The Morgan fingerprint density at radius 2 is 1.80 bits per heavy atom. The van der Waals surface area contributed by atoms with Gasteiger partial charge in [-0.2, -0.15) is 0 Å². The highest BCUT2D eigenvalue weighted by molar-refractivity contribution is 7.92. The van der Waals surface area contributed by atoms with Gasteiger partial charge in [0.15, 0.2) is 0 Å². The molecule has 2 aliphatic rings. The van der Waals surface area contributed by atoms with Gasteiger partial charge in [0, 0.05) is 18.0 Å². The fraction of sp³-hybridized carbons (Fsp3) is 0.278. The summed E-state index contributed by atoms with van der Waals surface area (Å²) in [7, 11) is -3.73. The van der Waals surface area contributed by atoms with Crippen LogP contribution in [0, 0.1) is 6.92 Å². The van der Waals surface area contributed by atoms with Crippen molar-refractivity contribution in [2.24, 2.45) is 0 Å². The summed E-state index contributed by atoms with van der Waals surface area (Å²) in [6.07, 6.45) is 1.70. The Morgan fingerprint density at radius 1 is 1.08 bits per heavy atom. The SMILES string of the molecule is Cc1ccc(Cl)cc1NS(=O)(=O)c1cc2c3c(c1)CCN3C(=O)CC2. The van der Waals surface area contributed by atoms with E-state index in [9.17, 15) is 13.2 Å². The zero-order valence-corrected chi connectivity index (χ0v) is 15.2. The number of halogens is 1. The van der Waals surface area contributed by atoms with E-state index in [1.807, 2.05) is 6.92 Å². The van der Waals surface area contributed by atoms with E-state index in [0.717, 1.165) is 22.4 Å². The molecule has 0 saturated heterocycles. The lowest BCUT2D eigenvalue weighted by molar-refractivity contribution is -0.118. The molecule has 2 aliphatic heterocycles. The van der Waals surface area contributed by atoms with Crippen LogP contribution in [0.4, 0.5) is 11.4 Å². The van der Waals surface area contributed by atoms with Crippen LogP contribution < -0.4 is 9.62 Å². The number of benzene rings is 2. The average molecular weight is 377 g/mol. The number of aryl methyl sites for hydroxylation is 2. The van der Waals surface area contributed by atoms with Crippen molar-refractivity contribution in [2.75, 3.05) is 16.2 Å². The third-order valence-electron chi connectivity index (χ3n) is 4.78. The Bertz CT molecular complexity index is 1000. The smallest absolute Gasteiger partial charge is 0.261 e. The van der Waals surface area contributed by atoms with E-state index in [-0.39, 0.29) is 10.8 Å². The van der Waals surface area contributed by atoms with Crippen LogP contribution in [0.1, 0.15) is 23.1 Å². The van der Waals surface area contributed by atoms with Crippen molar-refractivity contribution in [2.45, 2.75) is 31.1 Å². The first-order valence-corrected chi connectivity index (χ1v) is 9.96. The lowest BCUT2D eigenvalue weighted by Gasteiger charge is -2.25. The van der Waals surface area contributed by atoms with Crippen LogP contribution >= 0.6 is 11.6 Å². The Kier molecular flexibility index (Phi) is 3.77. The van der Waals surface area contributed by atoms with Crippen molar-refractivity contribution in [1.82, 2.24) is 0 Å². The second kappa shape index (κ2) is 5.75. The number of rotatable bonds is 3. The van der Waals surface area contributed by atoms with E-state index in [1.54, 1.807) is 35.2 Å². The predicted molar refractivity (Wildman–Crippen MR) is 97.8 cm³/mol. The molecule has 1 amide bonds. The lowest BCUT2D eigenvalue weighted by atomic mass is 10.00. The molecule has 5 nitrogen and oxygen atoms in total. The molecule has 25 heavy (non-hydrogen) atoms. The number of amides is 1. The zero-order chi connectivity index (χ0) is 17.8. The van der Waals surface area contributed by atoms with Crippen molar-refractivity contribution >= 4 is 38.9 Å². The van der Waals surface area contributed by atoms with Crippen molar-refractivity contribution in [3.8, 4) is 0 Å². The second-order valence-electron chi connectivity index (χ2n) is 6.45. The first-order chi connectivity index (χ1) is 11.8. The number of nitrogens with zero attached hydrogens (tertiary/aromatic N) is 1. The number of hydrogen-bond acceptors (Lipinski definition) is 3. The number of sulfonamides is 1. The van der Waals surface area contributed by atoms with Crippen LogP contribution in [0.15, 0.2) is 35.2 Å². The van der Waals surface area contributed by atoms with E-state index in [1.165, 1.54) is 0 Å². The first-order valence-electron chi connectivity index (χ1n) is 8.10. The molecule has 7 heteroatoms. The standard InChI is InChI=1S/C18H17ClN2O3S/c1-11-2-4-14(19)10-16(11)20-25(23,24)15-8-12-3-5-17(22)21-7-6-13(9-15)18(12)21/h2,4,8-10,20H,3,5-7H2,1H3. The Morgan fingerprint density at radius 3 is 2.56 bits per heavy atom. The molecular weight excluding hydrogens is 360 g/mol. The third-order valence-corrected chi connectivity index (χ3v) is 6.36. The molecule has 130 valence electrons. The highest BCUT2D eigenvalue weighted by Crippen LogP contribution is 2.38. The van der Waals surface area contributed by atoms with Gasteiger partial charge in [-0.05, 0) is 60.7 Å². The molecule has 2 aromatic rings. The van der Waals surface area contributed by atoms with Crippen LogP contribution in [0.2, 0.25) is 5.02 Å². The molecule has 0 atom stereocenters. The number of anilines is 2. The fourth-order valence-electron chi connectivity index (χ4n) is 3.49. The minimum absolute atomic E-state index is 0.120. The van der Waals surface area contributed by atoms with E-state index in [4.69, 9.17) is 11.6 Å². The van der Waals surface area contributed by atoms with Gasteiger partial charge >= 0.3 is 0 Å². The van der Waals surface area contributed by atoms with Crippen molar-refractivity contribution in [1.29, 1.82) is 0 Å². The predicted octanol–water partition coefficient (Wildman–Crippen LogP) is 3.28. The summed E-state index contributed by atoms with van der Waals surface area (Å²) >= 11 is 5.98. The zero-order valence-electron chi connectivity index (χ0n) is 13.7. The molecule has 0 unspecified atom stereocenters. The minimum Gasteiger partial charge on any atom is -0.312 e. The topological polar surface area (TPSA) is 66.5 Å². The van der Waals surface area contributed by atoms with Gasteiger partial charge in [-0.15, -0.1) is 0 Å². The van der Waals surface area contributed by atoms with E-state index in [2.05, 4.69) is 4.72 Å². The Labute approximate surface area is 151 Å². The third kappa shape index (κ3) is 2.79. The molecule has 2 heterocycles. The van der Waals surface area contributed by atoms with Gasteiger partial charge in [-0.25, -0.2) is 8.42 Å². The second-order valence-corrected chi connectivity index (χ2v) is 8.57. The molecule has 0 radical (unpaired) electrons. The average Bonchev–Trinajstić information content (AvgIpc) is 2.99. The molecule has 4 rings (SSSR count). The van der Waals surface area contributed by atoms with E-state index < -0.39 is 10.0 Å². The Hall–Kier alpha value is -2.05. The van der Waals surface area contributed by atoms with Gasteiger partial charge in [-0.1, -0.05) is 17.7 Å².